The highest BCUT2D eigenvalue weighted by Crippen LogP contribution is 2.24. The minimum atomic E-state index is -0.0851. The predicted octanol–water partition coefficient (Wildman–Crippen LogP) is 4.28. The Labute approximate surface area is 86.2 Å². The Morgan fingerprint density at radius 3 is 2.36 bits per heavy atom. The summed E-state index contributed by atoms with van der Waals surface area (Å²) >= 11 is 0. The summed E-state index contributed by atoms with van der Waals surface area (Å²) < 4.78 is 13.3. The zero-order chi connectivity index (χ0) is 10.7. The van der Waals surface area contributed by atoms with Gasteiger partial charge in [-0.25, -0.2) is 4.39 Å². The topological polar surface area (TPSA) is 0 Å². The molecule has 1 aromatic carbocycles. The van der Waals surface area contributed by atoms with Crippen molar-refractivity contribution in [3.05, 3.63) is 35.1 Å². The highest BCUT2D eigenvalue weighted by molar-refractivity contribution is 5.25. The summed E-state index contributed by atoms with van der Waals surface area (Å²) in [6.45, 7) is 8.35. The summed E-state index contributed by atoms with van der Waals surface area (Å²) in [5.41, 5.74) is 1.84. The molecule has 0 radical (unpaired) electrons. The molecule has 0 saturated carbocycles. The van der Waals surface area contributed by atoms with Crippen LogP contribution in [0.5, 0.6) is 0 Å². The van der Waals surface area contributed by atoms with E-state index in [9.17, 15) is 4.39 Å². The van der Waals surface area contributed by atoms with Crippen molar-refractivity contribution in [2.45, 2.75) is 40.0 Å². The van der Waals surface area contributed by atoms with Gasteiger partial charge >= 0.3 is 0 Å². The lowest BCUT2D eigenvalue weighted by atomic mass is 9.91. The molecule has 0 heterocycles. The maximum absolute atomic E-state index is 13.3. The molecule has 0 nitrogen and oxygen atoms in total. The quantitative estimate of drug-likeness (QED) is 0.673. The zero-order valence-electron chi connectivity index (χ0n) is 9.47. The van der Waals surface area contributed by atoms with E-state index in [2.05, 4.69) is 20.8 Å². The lowest BCUT2D eigenvalue weighted by molar-refractivity contribution is 0.520. The van der Waals surface area contributed by atoms with Gasteiger partial charge in [-0.1, -0.05) is 32.9 Å². The Morgan fingerprint density at radius 1 is 1.21 bits per heavy atom. The summed E-state index contributed by atoms with van der Waals surface area (Å²) in [5.74, 6) is 1.03. The Bertz CT molecular complexity index is 302. The predicted molar refractivity (Wildman–Crippen MR) is 59.0 cm³/mol. The van der Waals surface area contributed by atoms with Crippen LogP contribution in [0.1, 0.15) is 44.2 Å². The number of aryl methyl sites for hydroxylation is 1. The van der Waals surface area contributed by atoms with Gasteiger partial charge in [-0.3, -0.25) is 0 Å². The maximum atomic E-state index is 13.3. The zero-order valence-corrected chi connectivity index (χ0v) is 9.47. The van der Waals surface area contributed by atoms with E-state index in [1.165, 1.54) is 0 Å². The Kier molecular flexibility index (Phi) is 3.68. The maximum Gasteiger partial charge on any atom is 0.126 e. The van der Waals surface area contributed by atoms with Gasteiger partial charge in [0.15, 0.2) is 0 Å². The van der Waals surface area contributed by atoms with Gasteiger partial charge in [0, 0.05) is 0 Å². The highest BCUT2D eigenvalue weighted by atomic mass is 19.1. The Morgan fingerprint density at radius 2 is 1.86 bits per heavy atom. The van der Waals surface area contributed by atoms with Gasteiger partial charge in [-0.05, 0) is 42.4 Å². The van der Waals surface area contributed by atoms with Crippen molar-refractivity contribution in [3.8, 4) is 0 Å². The fraction of sp³-hybridized carbons (Fsp3) is 0.538. The van der Waals surface area contributed by atoms with E-state index >= 15 is 0 Å². The summed E-state index contributed by atoms with van der Waals surface area (Å²) in [6, 6.07) is 5.56. The third-order valence-electron chi connectivity index (χ3n) is 2.59. The summed E-state index contributed by atoms with van der Waals surface area (Å²) in [6.07, 6.45) is 1.11. The molecule has 1 heteroatoms. The van der Waals surface area contributed by atoms with Gasteiger partial charge in [0.2, 0.25) is 0 Å². The molecule has 0 fully saturated rings. The first-order valence-electron chi connectivity index (χ1n) is 5.26. The molecule has 78 valence electrons. The monoisotopic (exact) mass is 194 g/mol. The molecule has 1 rings (SSSR count). The molecule has 0 aromatic heterocycles. The minimum absolute atomic E-state index is 0.0851. The lowest BCUT2D eigenvalue weighted by Crippen LogP contribution is -1.99. The number of halogens is 1. The molecule has 0 aliphatic carbocycles. The van der Waals surface area contributed by atoms with Crippen molar-refractivity contribution in [1.29, 1.82) is 0 Å². The Balaban J connectivity index is 2.80. The summed E-state index contributed by atoms with van der Waals surface area (Å²) in [5, 5.41) is 0. The number of benzene rings is 1. The van der Waals surface area contributed by atoms with Gasteiger partial charge in [0.25, 0.3) is 0 Å². The van der Waals surface area contributed by atoms with Crippen molar-refractivity contribution in [3.63, 3.8) is 0 Å². The van der Waals surface area contributed by atoms with E-state index in [0.29, 0.717) is 11.8 Å². The minimum Gasteiger partial charge on any atom is -0.207 e. The van der Waals surface area contributed by atoms with Crippen LogP contribution in [0.15, 0.2) is 18.2 Å². The summed E-state index contributed by atoms with van der Waals surface area (Å²) in [4.78, 5) is 0. The van der Waals surface area contributed by atoms with E-state index in [0.717, 1.165) is 17.5 Å². The second kappa shape index (κ2) is 4.59. The van der Waals surface area contributed by atoms with E-state index in [4.69, 9.17) is 0 Å². The largest absolute Gasteiger partial charge is 0.207 e. The third kappa shape index (κ3) is 2.83. The summed E-state index contributed by atoms with van der Waals surface area (Å²) in [7, 11) is 0. The first-order valence-corrected chi connectivity index (χ1v) is 5.26. The van der Waals surface area contributed by atoms with Gasteiger partial charge in [0.1, 0.15) is 5.82 Å². The van der Waals surface area contributed by atoms with Crippen LogP contribution >= 0.6 is 0 Å². The molecule has 14 heavy (non-hydrogen) atoms. The van der Waals surface area contributed by atoms with Gasteiger partial charge in [-0.15, -0.1) is 0 Å². The van der Waals surface area contributed by atoms with E-state index in [-0.39, 0.29) is 5.82 Å². The average molecular weight is 194 g/mol. The van der Waals surface area contributed by atoms with E-state index < -0.39 is 0 Å². The van der Waals surface area contributed by atoms with Gasteiger partial charge in [0.05, 0.1) is 0 Å². The van der Waals surface area contributed by atoms with Crippen LogP contribution in [-0.2, 0) is 0 Å². The molecule has 0 bridgehead atoms. The molecule has 1 aromatic rings. The molecule has 0 N–H and O–H groups in total. The molecule has 0 aliphatic heterocycles. The SMILES string of the molecule is Cc1ccc(C(C)CC(C)C)cc1F. The Hall–Kier alpha value is -0.850. The van der Waals surface area contributed by atoms with Crippen LogP contribution < -0.4 is 0 Å². The molecule has 0 aliphatic rings. The average Bonchev–Trinajstić information content (AvgIpc) is 2.08. The van der Waals surface area contributed by atoms with Gasteiger partial charge in [-0.2, -0.15) is 0 Å². The lowest BCUT2D eigenvalue weighted by Gasteiger charge is -2.14. The van der Waals surface area contributed by atoms with Crippen LogP contribution in [0, 0.1) is 18.7 Å². The van der Waals surface area contributed by atoms with Crippen molar-refractivity contribution in [2.75, 3.05) is 0 Å². The molecule has 0 amide bonds. The molecular formula is C13H19F. The van der Waals surface area contributed by atoms with Crippen LogP contribution in [0.4, 0.5) is 4.39 Å². The van der Waals surface area contributed by atoms with Crippen molar-refractivity contribution in [2.24, 2.45) is 5.92 Å². The normalized spacial score (nSPS) is 13.3. The number of hydrogen-bond donors (Lipinski definition) is 0. The van der Waals surface area contributed by atoms with Crippen molar-refractivity contribution in [1.82, 2.24) is 0 Å². The highest BCUT2D eigenvalue weighted by Gasteiger charge is 2.09. The van der Waals surface area contributed by atoms with Crippen molar-refractivity contribution < 1.29 is 4.39 Å². The first kappa shape index (κ1) is 11.2. The second-order valence-electron chi connectivity index (χ2n) is 4.54. The smallest absolute Gasteiger partial charge is 0.126 e. The molecular weight excluding hydrogens is 175 g/mol. The van der Waals surface area contributed by atoms with Crippen LogP contribution in [0.2, 0.25) is 0 Å². The molecule has 1 atom stereocenters. The molecule has 0 saturated heterocycles. The second-order valence-corrected chi connectivity index (χ2v) is 4.54. The van der Waals surface area contributed by atoms with E-state index in [1.807, 2.05) is 12.1 Å². The van der Waals surface area contributed by atoms with Crippen LogP contribution in [0.3, 0.4) is 0 Å². The molecule has 1 unspecified atom stereocenters. The van der Waals surface area contributed by atoms with Crippen LogP contribution in [0.25, 0.3) is 0 Å². The molecule has 0 spiro atoms. The fourth-order valence-corrected chi connectivity index (χ4v) is 1.76. The fourth-order valence-electron chi connectivity index (χ4n) is 1.76. The van der Waals surface area contributed by atoms with Gasteiger partial charge < -0.3 is 0 Å². The third-order valence-corrected chi connectivity index (χ3v) is 2.59. The van der Waals surface area contributed by atoms with Crippen LogP contribution in [-0.4, -0.2) is 0 Å². The standard InChI is InChI=1S/C13H19F/c1-9(2)7-11(4)12-6-5-10(3)13(14)8-12/h5-6,8-9,11H,7H2,1-4H3. The first-order chi connectivity index (χ1) is 6.50. The number of hydrogen-bond acceptors (Lipinski definition) is 0. The number of rotatable bonds is 3. The van der Waals surface area contributed by atoms with Crippen molar-refractivity contribution >= 4 is 0 Å². The van der Waals surface area contributed by atoms with E-state index in [1.54, 1.807) is 13.0 Å².